The SMILES string of the molecule is Cc1ccc(-[n+]2ccc(C)c3c4ccccc4ccc32)cc1. The first kappa shape index (κ1) is 13.0. The van der Waals surface area contributed by atoms with Crippen molar-refractivity contribution in [1.29, 1.82) is 0 Å². The monoisotopic (exact) mass is 284 g/mol. The van der Waals surface area contributed by atoms with Crippen LogP contribution >= 0.6 is 0 Å². The normalized spacial score (nSPS) is 11.2. The van der Waals surface area contributed by atoms with Crippen LogP contribution in [-0.4, -0.2) is 0 Å². The number of pyridine rings is 1. The zero-order valence-corrected chi connectivity index (χ0v) is 12.9. The molecule has 1 heterocycles. The van der Waals surface area contributed by atoms with Gasteiger partial charge in [0, 0.05) is 24.3 Å². The van der Waals surface area contributed by atoms with E-state index in [1.165, 1.54) is 38.5 Å². The van der Waals surface area contributed by atoms with Crippen molar-refractivity contribution >= 4 is 21.7 Å². The van der Waals surface area contributed by atoms with Crippen LogP contribution in [0, 0.1) is 13.8 Å². The van der Waals surface area contributed by atoms with Gasteiger partial charge in [-0.2, -0.15) is 4.57 Å². The van der Waals surface area contributed by atoms with E-state index in [1.807, 2.05) is 0 Å². The number of aromatic nitrogens is 1. The van der Waals surface area contributed by atoms with E-state index in [-0.39, 0.29) is 0 Å². The molecule has 4 rings (SSSR count). The fraction of sp³-hybridized carbons (Fsp3) is 0.0952. The van der Waals surface area contributed by atoms with Crippen molar-refractivity contribution in [2.24, 2.45) is 0 Å². The molecule has 1 aromatic heterocycles. The third-order valence-electron chi connectivity index (χ3n) is 4.35. The molecular formula is C21H18N+. The number of hydrogen-bond donors (Lipinski definition) is 0. The Morgan fingerprint density at radius 1 is 0.727 bits per heavy atom. The molecule has 1 heteroatoms. The number of aryl methyl sites for hydroxylation is 2. The van der Waals surface area contributed by atoms with Gasteiger partial charge in [0.1, 0.15) is 0 Å². The first-order chi connectivity index (χ1) is 10.7. The van der Waals surface area contributed by atoms with E-state index in [0.717, 1.165) is 0 Å². The molecule has 0 unspecified atom stereocenters. The lowest BCUT2D eigenvalue weighted by molar-refractivity contribution is -0.567. The van der Waals surface area contributed by atoms with Gasteiger partial charge >= 0.3 is 0 Å². The fourth-order valence-electron chi connectivity index (χ4n) is 3.16. The molecule has 0 bridgehead atoms. The van der Waals surface area contributed by atoms with Crippen LogP contribution in [-0.2, 0) is 0 Å². The van der Waals surface area contributed by atoms with Gasteiger partial charge in [0.15, 0.2) is 6.20 Å². The average molecular weight is 284 g/mol. The van der Waals surface area contributed by atoms with Gasteiger partial charge in [-0.25, -0.2) is 0 Å². The zero-order valence-electron chi connectivity index (χ0n) is 12.9. The van der Waals surface area contributed by atoms with Gasteiger partial charge < -0.3 is 0 Å². The van der Waals surface area contributed by atoms with E-state index >= 15 is 0 Å². The maximum atomic E-state index is 2.27. The molecule has 3 aromatic carbocycles. The van der Waals surface area contributed by atoms with Gasteiger partial charge in [0.25, 0.3) is 0 Å². The second-order valence-electron chi connectivity index (χ2n) is 5.89. The molecule has 0 fully saturated rings. The summed E-state index contributed by atoms with van der Waals surface area (Å²) >= 11 is 0. The molecule has 0 aliphatic rings. The largest absolute Gasteiger partial charge is 0.219 e. The number of fused-ring (bicyclic) bond motifs is 3. The Bertz CT molecular complexity index is 982. The van der Waals surface area contributed by atoms with E-state index in [9.17, 15) is 0 Å². The van der Waals surface area contributed by atoms with Crippen LogP contribution in [0.3, 0.4) is 0 Å². The van der Waals surface area contributed by atoms with Crippen LogP contribution in [0.2, 0.25) is 0 Å². The molecular weight excluding hydrogens is 266 g/mol. The number of benzene rings is 3. The number of rotatable bonds is 1. The fourth-order valence-corrected chi connectivity index (χ4v) is 3.16. The van der Waals surface area contributed by atoms with Gasteiger partial charge in [-0.1, -0.05) is 42.0 Å². The highest BCUT2D eigenvalue weighted by Crippen LogP contribution is 2.26. The molecule has 0 amide bonds. The summed E-state index contributed by atoms with van der Waals surface area (Å²) in [6.07, 6.45) is 2.16. The molecule has 0 saturated heterocycles. The van der Waals surface area contributed by atoms with E-state index in [4.69, 9.17) is 0 Å². The van der Waals surface area contributed by atoms with Gasteiger partial charge in [-0.3, -0.25) is 0 Å². The van der Waals surface area contributed by atoms with Crippen LogP contribution in [0.25, 0.3) is 27.4 Å². The van der Waals surface area contributed by atoms with E-state index < -0.39 is 0 Å². The van der Waals surface area contributed by atoms with Crippen molar-refractivity contribution in [1.82, 2.24) is 0 Å². The topological polar surface area (TPSA) is 3.88 Å². The minimum absolute atomic E-state index is 1.20. The molecule has 0 saturated carbocycles. The molecule has 0 atom stereocenters. The lowest BCUT2D eigenvalue weighted by Crippen LogP contribution is -2.31. The summed E-state index contributed by atoms with van der Waals surface area (Å²) in [6, 6.07) is 23.9. The van der Waals surface area contributed by atoms with Gasteiger partial charge in [-0.15, -0.1) is 0 Å². The Morgan fingerprint density at radius 3 is 2.32 bits per heavy atom. The predicted octanol–water partition coefficient (Wildman–Crippen LogP) is 4.89. The summed E-state index contributed by atoms with van der Waals surface area (Å²) in [7, 11) is 0. The minimum atomic E-state index is 1.20. The first-order valence-electron chi connectivity index (χ1n) is 7.64. The maximum absolute atomic E-state index is 2.27. The summed E-state index contributed by atoms with van der Waals surface area (Å²) in [5, 5.41) is 3.94. The minimum Gasteiger partial charge on any atom is -0.160 e. The summed E-state index contributed by atoms with van der Waals surface area (Å²) in [6.45, 7) is 4.31. The molecule has 106 valence electrons. The van der Waals surface area contributed by atoms with Gasteiger partial charge in [0.05, 0.1) is 5.39 Å². The Morgan fingerprint density at radius 2 is 1.50 bits per heavy atom. The summed E-state index contributed by atoms with van der Waals surface area (Å²) in [4.78, 5) is 0. The molecule has 0 aliphatic heterocycles. The maximum Gasteiger partial charge on any atom is 0.219 e. The second-order valence-corrected chi connectivity index (χ2v) is 5.89. The number of nitrogens with zero attached hydrogens (tertiary/aromatic N) is 1. The van der Waals surface area contributed by atoms with Crippen molar-refractivity contribution in [3.05, 3.63) is 84.1 Å². The van der Waals surface area contributed by atoms with Crippen LogP contribution in [0.15, 0.2) is 72.9 Å². The zero-order chi connectivity index (χ0) is 15.1. The first-order valence-corrected chi connectivity index (χ1v) is 7.64. The van der Waals surface area contributed by atoms with E-state index in [0.29, 0.717) is 0 Å². The molecule has 4 aromatic rings. The van der Waals surface area contributed by atoms with Crippen LogP contribution < -0.4 is 4.57 Å². The third kappa shape index (κ3) is 1.98. The predicted molar refractivity (Wildman–Crippen MR) is 92.5 cm³/mol. The molecule has 0 N–H and O–H groups in total. The van der Waals surface area contributed by atoms with Crippen molar-refractivity contribution in [2.45, 2.75) is 13.8 Å². The summed E-state index contributed by atoms with van der Waals surface area (Å²) in [5.41, 5.74) is 5.05. The Kier molecular flexibility index (Phi) is 2.93. The third-order valence-corrected chi connectivity index (χ3v) is 4.35. The molecule has 0 aliphatic carbocycles. The lowest BCUT2D eigenvalue weighted by atomic mass is 10.0. The Labute approximate surface area is 130 Å². The smallest absolute Gasteiger partial charge is 0.160 e. The molecule has 0 radical (unpaired) electrons. The van der Waals surface area contributed by atoms with Crippen molar-refractivity contribution in [2.75, 3.05) is 0 Å². The molecule has 0 spiro atoms. The quantitative estimate of drug-likeness (QED) is 0.346. The van der Waals surface area contributed by atoms with Crippen LogP contribution in [0.1, 0.15) is 11.1 Å². The average Bonchev–Trinajstić information content (AvgIpc) is 2.56. The summed E-state index contributed by atoms with van der Waals surface area (Å²) in [5.74, 6) is 0. The van der Waals surface area contributed by atoms with Crippen LogP contribution in [0.5, 0.6) is 0 Å². The van der Waals surface area contributed by atoms with Crippen molar-refractivity contribution in [3.8, 4) is 5.69 Å². The second kappa shape index (κ2) is 4.96. The summed E-state index contributed by atoms with van der Waals surface area (Å²) < 4.78 is 2.27. The van der Waals surface area contributed by atoms with Crippen LogP contribution in [0.4, 0.5) is 0 Å². The van der Waals surface area contributed by atoms with E-state index in [2.05, 4.69) is 91.3 Å². The highest BCUT2D eigenvalue weighted by molar-refractivity contribution is 6.06. The van der Waals surface area contributed by atoms with Gasteiger partial charge in [0.2, 0.25) is 11.2 Å². The lowest BCUT2D eigenvalue weighted by Gasteiger charge is -2.07. The Hall–Kier alpha value is -2.67. The molecule has 22 heavy (non-hydrogen) atoms. The van der Waals surface area contributed by atoms with Crippen molar-refractivity contribution < 1.29 is 4.57 Å². The standard InChI is InChI=1S/C21H18N/c1-15-7-10-18(11-8-15)22-14-13-16(2)21-19-6-4-3-5-17(19)9-12-20(21)22/h3-14H,1-2H3/q+1. The Balaban J connectivity index is 2.11. The molecule has 1 nitrogen and oxygen atoms in total. The van der Waals surface area contributed by atoms with Gasteiger partial charge in [-0.05, 0) is 36.2 Å². The highest BCUT2D eigenvalue weighted by Gasteiger charge is 2.15. The van der Waals surface area contributed by atoms with E-state index in [1.54, 1.807) is 0 Å². The highest BCUT2D eigenvalue weighted by atomic mass is 15.0. The van der Waals surface area contributed by atoms with Crippen molar-refractivity contribution in [3.63, 3.8) is 0 Å². The number of hydrogen-bond acceptors (Lipinski definition) is 0.